The van der Waals surface area contributed by atoms with Crippen molar-refractivity contribution in [2.45, 2.75) is 33.0 Å². The fourth-order valence-electron chi connectivity index (χ4n) is 2.17. The van der Waals surface area contributed by atoms with E-state index in [4.69, 9.17) is 5.11 Å². The Kier molecular flexibility index (Phi) is 2.97. The van der Waals surface area contributed by atoms with Crippen LogP contribution in [0.25, 0.3) is 0 Å². The minimum atomic E-state index is -0.719. The lowest BCUT2D eigenvalue weighted by Gasteiger charge is -2.26. The van der Waals surface area contributed by atoms with Gasteiger partial charge in [0, 0.05) is 19.1 Å². The molecule has 1 aliphatic heterocycles. The third-order valence-electron chi connectivity index (χ3n) is 3.55. The molecule has 0 saturated heterocycles. The molecule has 0 saturated carbocycles. The van der Waals surface area contributed by atoms with Gasteiger partial charge in [-0.1, -0.05) is 31.2 Å². The fraction of sp³-hybridized carbons (Fsp3) is 0.462. The molecular formula is C13H17NO2. The fourth-order valence-corrected chi connectivity index (χ4v) is 2.17. The molecule has 1 N–H and O–H groups in total. The molecule has 0 bridgehead atoms. The van der Waals surface area contributed by atoms with Gasteiger partial charge in [-0.2, -0.15) is 0 Å². The minimum Gasteiger partial charge on any atom is -0.481 e. The summed E-state index contributed by atoms with van der Waals surface area (Å²) in [7, 11) is 0. The molecule has 2 unspecified atom stereocenters. The van der Waals surface area contributed by atoms with E-state index in [1.165, 1.54) is 11.1 Å². The quantitative estimate of drug-likeness (QED) is 0.846. The van der Waals surface area contributed by atoms with Crippen molar-refractivity contribution in [1.82, 2.24) is 4.90 Å². The third-order valence-corrected chi connectivity index (χ3v) is 3.55. The van der Waals surface area contributed by atoms with E-state index in [2.05, 4.69) is 17.0 Å². The topological polar surface area (TPSA) is 40.5 Å². The maximum absolute atomic E-state index is 10.9. The predicted molar refractivity (Wildman–Crippen MR) is 62.0 cm³/mol. The van der Waals surface area contributed by atoms with Gasteiger partial charge in [0.15, 0.2) is 0 Å². The summed E-state index contributed by atoms with van der Waals surface area (Å²) in [6.07, 6.45) is 0. The molecule has 0 aromatic heterocycles. The number of carboxylic acid groups (broad SMARTS) is 1. The zero-order chi connectivity index (χ0) is 11.7. The van der Waals surface area contributed by atoms with Crippen LogP contribution in [-0.2, 0) is 17.9 Å². The van der Waals surface area contributed by atoms with Gasteiger partial charge in [0.1, 0.15) is 0 Å². The van der Waals surface area contributed by atoms with E-state index in [1.54, 1.807) is 6.92 Å². The van der Waals surface area contributed by atoms with Gasteiger partial charge in [-0.25, -0.2) is 0 Å². The minimum absolute atomic E-state index is 0.0740. The van der Waals surface area contributed by atoms with Gasteiger partial charge < -0.3 is 5.11 Å². The molecule has 0 radical (unpaired) electrons. The van der Waals surface area contributed by atoms with Gasteiger partial charge in [-0.05, 0) is 18.1 Å². The van der Waals surface area contributed by atoms with E-state index in [-0.39, 0.29) is 12.0 Å². The molecule has 1 aliphatic rings. The lowest BCUT2D eigenvalue weighted by Crippen LogP contribution is -2.37. The highest BCUT2D eigenvalue weighted by molar-refractivity contribution is 5.70. The van der Waals surface area contributed by atoms with Crippen LogP contribution in [0, 0.1) is 5.92 Å². The van der Waals surface area contributed by atoms with Crippen LogP contribution in [0.15, 0.2) is 24.3 Å². The highest BCUT2D eigenvalue weighted by Crippen LogP contribution is 2.26. The summed E-state index contributed by atoms with van der Waals surface area (Å²) in [5.74, 6) is -1.04. The Morgan fingerprint density at radius 1 is 1.25 bits per heavy atom. The van der Waals surface area contributed by atoms with Crippen LogP contribution < -0.4 is 0 Å². The van der Waals surface area contributed by atoms with Crippen LogP contribution in [0.3, 0.4) is 0 Å². The van der Waals surface area contributed by atoms with Crippen LogP contribution in [0.1, 0.15) is 25.0 Å². The highest BCUT2D eigenvalue weighted by Gasteiger charge is 2.29. The van der Waals surface area contributed by atoms with E-state index >= 15 is 0 Å². The standard InChI is InChI=1S/C13H17NO2/c1-9(13(15)16)10(2)14-7-11-5-3-4-6-12(11)8-14/h3-6,9-10H,7-8H2,1-2H3,(H,15,16). The molecular weight excluding hydrogens is 202 g/mol. The third kappa shape index (κ3) is 1.95. The van der Waals surface area contributed by atoms with Gasteiger partial charge in [0.05, 0.1) is 5.92 Å². The predicted octanol–water partition coefficient (Wildman–Crippen LogP) is 2.11. The Bertz CT molecular complexity index is 378. The Morgan fingerprint density at radius 3 is 2.19 bits per heavy atom. The maximum Gasteiger partial charge on any atom is 0.307 e. The molecule has 1 aromatic rings. The number of carbonyl (C=O) groups is 1. The zero-order valence-corrected chi connectivity index (χ0v) is 9.68. The number of hydrogen-bond donors (Lipinski definition) is 1. The lowest BCUT2D eigenvalue weighted by molar-refractivity contribution is -0.143. The lowest BCUT2D eigenvalue weighted by atomic mass is 10.0. The molecule has 1 aromatic carbocycles. The molecule has 1 heterocycles. The van der Waals surface area contributed by atoms with Crippen molar-refractivity contribution in [3.63, 3.8) is 0 Å². The summed E-state index contributed by atoms with van der Waals surface area (Å²) in [6.45, 7) is 5.50. The average Bonchev–Trinajstić information content (AvgIpc) is 2.70. The summed E-state index contributed by atoms with van der Waals surface area (Å²) >= 11 is 0. The number of benzene rings is 1. The summed E-state index contributed by atoms with van der Waals surface area (Å²) in [6, 6.07) is 8.38. The van der Waals surface area contributed by atoms with Crippen molar-refractivity contribution < 1.29 is 9.90 Å². The van der Waals surface area contributed by atoms with E-state index < -0.39 is 5.97 Å². The molecule has 3 nitrogen and oxygen atoms in total. The number of hydrogen-bond acceptors (Lipinski definition) is 2. The molecule has 0 amide bonds. The highest BCUT2D eigenvalue weighted by atomic mass is 16.4. The van der Waals surface area contributed by atoms with Crippen LogP contribution in [0.2, 0.25) is 0 Å². The normalized spacial score (nSPS) is 19.1. The average molecular weight is 219 g/mol. The van der Waals surface area contributed by atoms with Crippen LogP contribution in [0.4, 0.5) is 0 Å². The number of aliphatic carboxylic acids is 1. The number of nitrogens with zero attached hydrogens (tertiary/aromatic N) is 1. The first-order chi connectivity index (χ1) is 7.59. The summed E-state index contributed by atoms with van der Waals surface area (Å²) in [5.41, 5.74) is 2.65. The molecule has 0 aliphatic carbocycles. The second-order valence-electron chi connectivity index (χ2n) is 4.54. The van der Waals surface area contributed by atoms with Gasteiger partial charge in [0.25, 0.3) is 0 Å². The van der Waals surface area contributed by atoms with Crippen molar-refractivity contribution in [2.75, 3.05) is 0 Å². The van der Waals surface area contributed by atoms with Crippen molar-refractivity contribution >= 4 is 5.97 Å². The van der Waals surface area contributed by atoms with Crippen molar-refractivity contribution in [1.29, 1.82) is 0 Å². The number of rotatable bonds is 3. The van der Waals surface area contributed by atoms with E-state index in [0.29, 0.717) is 0 Å². The second-order valence-corrected chi connectivity index (χ2v) is 4.54. The maximum atomic E-state index is 10.9. The molecule has 3 heteroatoms. The van der Waals surface area contributed by atoms with E-state index in [1.807, 2.05) is 19.1 Å². The number of carboxylic acids is 1. The molecule has 2 atom stereocenters. The van der Waals surface area contributed by atoms with Gasteiger partial charge in [-0.15, -0.1) is 0 Å². The van der Waals surface area contributed by atoms with Crippen molar-refractivity contribution in [3.05, 3.63) is 35.4 Å². The van der Waals surface area contributed by atoms with E-state index in [9.17, 15) is 4.79 Å². The molecule has 0 fully saturated rings. The largest absolute Gasteiger partial charge is 0.481 e. The van der Waals surface area contributed by atoms with E-state index in [0.717, 1.165) is 13.1 Å². The van der Waals surface area contributed by atoms with Crippen molar-refractivity contribution in [2.24, 2.45) is 5.92 Å². The zero-order valence-electron chi connectivity index (χ0n) is 9.68. The van der Waals surface area contributed by atoms with Crippen LogP contribution >= 0.6 is 0 Å². The first-order valence-electron chi connectivity index (χ1n) is 5.63. The smallest absolute Gasteiger partial charge is 0.307 e. The Hall–Kier alpha value is -1.35. The summed E-state index contributed by atoms with van der Waals surface area (Å²) < 4.78 is 0. The molecule has 0 spiro atoms. The Balaban J connectivity index is 2.09. The van der Waals surface area contributed by atoms with Gasteiger partial charge >= 0.3 is 5.97 Å². The SMILES string of the molecule is CC(C(=O)O)C(C)N1Cc2ccccc2C1. The van der Waals surface area contributed by atoms with Crippen molar-refractivity contribution in [3.8, 4) is 0 Å². The monoisotopic (exact) mass is 219 g/mol. The Morgan fingerprint density at radius 2 is 1.75 bits per heavy atom. The number of fused-ring (bicyclic) bond motifs is 1. The molecule has 86 valence electrons. The first-order valence-corrected chi connectivity index (χ1v) is 5.63. The van der Waals surface area contributed by atoms with Crippen LogP contribution in [0.5, 0.6) is 0 Å². The van der Waals surface area contributed by atoms with Gasteiger partial charge in [0.2, 0.25) is 0 Å². The Labute approximate surface area is 95.7 Å². The molecule has 2 rings (SSSR count). The summed E-state index contributed by atoms with van der Waals surface area (Å²) in [5, 5.41) is 9.00. The summed E-state index contributed by atoms with van der Waals surface area (Å²) in [4.78, 5) is 13.2. The first kappa shape index (κ1) is 11.1. The second kappa shape index (κ2) is 4.26. The molecule has 16 heavy (non-hydrogen) atoms. The van der Waals surface area contributed by atoms with Crippen LogP contribution in [-0.4, -0.2) is 22.0 Å². The van der Waals surface area contributed by atoms with Gasteiger partial charge in [-0.3, -0.25) is 9.69 Å².